The number of hydrogen-bond acceptors (Lipinski definition) is 2. The third-order valence-corrected chi connectivity index (χ3v) is 2.11. The zero-order valence-electron chi connectivity index (χ0n) is 9.14. The smallest absolute Gasteiger partial charge is 0.0782 e. The molecule has 1 atom stereocenters. The molecule has 78 valence electrons. The van der Waals surface area contributed by atoms with Gasteiger partial charge in [-0.1, -0.05) is 33.8 Å². The minimum absolute atomic E-state index is 0.264. The molecule has 0 bridgehead atoms. The maximum atomic E-state index is 9.61. The first-order valence-corrected chi connectivity index (χ1v) is 5.16. The van der Waals surface area contributed by atoms with E-state index < -0.39 is 0 Å². The summed E-state index contributed by atoms with van der Waals surface area (Å²) in [5, 5.41) is 12.9. The lowest BCUT2D eigenvalue weighted by Gasteiger charge is -2.17. The number of hydrogen-bond donors (Lipinski definition) is 2. The summed E-state index contributed by atoms with van der Waals surface area (Å²) in [6.45, 7) is 11.8. The monoisotopic (exact) mass is 185 g/mol. The van der Waals surface area contributed by atoms with Gasteiger partial charge in [0.25, 0.3) is 0 Å². The first-order chi connectivity index (χ1) is 6.09. The van der Waals surface area contributed by atoms with E-state index in [0.29, 0.717) is 0 Å². The number of aliphatic hydroxyl groups excluding tert-OH is 1. The van der Waals surface area contributed by atoms with Crippen LogP contribution in [-0.4, -0.2) is 24.3 Å². The van der Waals surface area contributed by atoms with Crippen molar-refractivity contribution in [3.63, 3.8) is 0 Å². The Balaban J connectivity index is 3.50. The predicted octanol–water partition coefficient (Wildman–Crippen LogP) is 1.95. The van der Waals surface area contributed by atoms with Gasteiger partial charge in [0.2, 0.25) is 0 Å². The van der Waals surface area contributed by atoms with Crippen LogP contribution in [0.15, 0.2) is 12.2 Å². The molecule has 2 heteroatoms. The van der Waals surface area contributed by atoms with Crippen LogP contribution in [0.5, 0.6) is 0 Å². The van der Waals surface area contributed by atoms with Crippen LogP contribution in [0.2, 0.25) is 0 Å². The molecule has 0 spiro atoms. The molecule has 0 aliphatic carbocycles. The van der Waals surface area contributed by atoms with Crippen molar-refractivity contribution in [2.45, 2.75) is 39.7 Å². The highest BCUT2D eigenvalue weighted by Gasteiger charge is 2.11. The maximum Gasteiger partial charge on any atom is 0.0782 e. The lowest BCUT2D eigenvalue weighted by molar-refractivity contribution is 0.158. The average molecular weight is 185 g/mol. The summed E-state index contributed by atoms with van der Waals surface area (Å²) in [6, 6.07) is 0. The Hall–Kier alpha value is -0.340. The normalized spacial score (nSPS) is 13.3. The van der Waals surface area contributed by atoms with E-state index in [4.69, 9.17) is 0 Å². The van der Waals surface area contributed by atoms with E-state index in [0.717, 1.165) is 18.7 Å². The molecule has 0 saturated heterocycles. The highest BCUT2D eigenvalue weighted by atomic mass is 16.3. The molecule has 0 heterocycles. The fourth-order valence-electron chi connectivity index (χ4n) is 1.13. The zero-order valence-corrected chi connectivity index (χ0v) is 9.14. The Morgan fingerprint density at radius 3 is 2.54 bits per heavy atom. The summed E-state index contributed by atoms with van der Waals surface area (Å²) in [6.07, 6.45) is 2.02. The van der Waals surface area contributed by atoms with Gasteiger partial charge in [0.05, 0.1) is 6.10 Å². The van der Waals surface area contributed by atoms with Gasteiger partial charge in [0, 0.05) is 6.54 Å². The standard InChI is InChI=1S/C11H23NO/c1-5-6-7-12-8-10(4)11(13)9(2)3/h9,11-13H,4-8H2,1-3H3. The van der Waals surface area contributed by atoms with Crippen LogP contribution in [0.1, 0.15) is 33.6 Å². The van der Waals surface area contributed by atoms with E-state index in [1.807, 2.05) is 13.8 Å². The molecule has 0 radical (unpaired) electrons. The van der Waals surface area contributed by atoms with Gasteiger partial charge in [-0.3, -0.25) is 0 Å². The second-order valence-corrected chi connectivity index (χ2v) is 3.88. The van der Waals surface area contributed by atoms with Crippen molar-refractivity contribution in [1.29, 1.82) is 0 Å². The summed E-state index contributed by atoms with van der Waals surface area (Å²) in [4.78, 5) is 0. The van der Waals surface area contributed by atoms with Crippen molar-refractivity contribution < 1.29 is 5.11 Å². The lowest BCUT2D eigenvalue weighted by Crippen LogP contribution is -2.26. The number of aliphatic hydroxyl groups is 1. The molecule has 13 heavy (non-hydrogen) atoms. The van der Waals surface area contributed by atoms with Crippen molar-refractivity contribution in [3.8, 4) is 0 Å². The first-order valence-electron chi connectivity index (χ1n) is 5.16. The number of rotatable bonds is 7. The van der Waals surface area contributed by atoms with Crippen molar-refractivity contribution in [2.24, 2.45) is 5.92 Å². The van der Waals surface area contributed by atoms with Gasteiger partial charge in [-0.2, -0.15) is 0 Å². The molecule has 0 aromatic rings. The lowest BCUT2D eigenvalue weighted by atomic mass is 10.0. The first kappa shape index (κ1) is 12.7. The van der Waals surface area contributed by atoms with E-state index >= 15 is 0 Å². The van der Waals surface area contributed by atoms with Crippen LogP contribution in [0.3, 0.4) is 0 Å². The fourth-order valence-corrected chi connectivity index (χ4v) is 1.13. The number of nitrogens with one attached hydrogen (secondary N) is 1. The topological polar surface area (TPSA) is 32.3 Å². The largest absolute Gasteiger partial charge is 0.388 e. The van der Waals surface area contributed by atoms with Crippen molar-refractivity contribution >= 4 is 0 Å². The Bertz CT molecular complexity index is 143. The quantitative estimate of drug-likeness (QED) is 0.469. The zero-order chi connectivity index (χ0) is 10.3. The molecule has 0 fully saturated rings. The average Bonchev–Trinajstić information content (AvgIpc) is 2.10. The van der Waals surface area contributed by atoms with Crippen LogP contribution in [0.25, 0.3) is 0 Å². The van der Waals surface area contributed by atoms with Crippen LogP contribution in [0, 0.1) is 5.92 Å². The highest BCUT2D eigenvalue weighted by molar-refractivity contribution is 5.04. The van der Waals surface area contributed by atoms with Crippen LogP contribution in [-0.2, 0) is 0 Å². The summed E-state index contributed by atoms with van der Waals surface area (Å²) in [7, 11) is 0. The fraction of sp³-hybridized carbons (Fsp3) is 0.818. The third kappa shape index (κ3) is 5.83. The van der Waals surface area contributed by atoms with Gasteiger partial charge in [0.15, 0.2) is 0 Å². The molecule has 0 aliphatic heterocycles. The molecule has 0 aliphatic rings. The molecule has 0 amide bonds. The van der Waals surface area contributed by atoms with Crippen molar-refractivity contribution in [3.05, 3.63) is 12.2 Å². The van der Waals surface area contributed by atoms with Gasteiger partial charge in [-0.25, -0.2) is 0 Å². The molecular weight excluding hydrogens is 162 g/mol. The Morgan fingerprint density at radius 1 is 1.46 bits per heavy atom. The van der Waals surface area contributed by atoms with Crippen LogP contribution in [0.4, 0.5) is 0 Å². The van der Waals surface area contributed by atoms with Crippen molar-refractivity contribution in [2.75, 3.05) is 13.1 Å². The second kappa shape index (κ2) is 7.10. The highest BCUT2D eigenvalue weighted by Crippen LogP contribution is 2.08. The van der Waals surface area contributed by atoms with Gasteiger partial charge in [0.1, 0.15) is 0 Å². The van der Waals surface area contributed by atoms with Gasteiger partial charge in [-0.05, 0) is 24.5 Å². The summed E-state index contributed by atoms with van der Waals surface area (Å²) in [5.41, 5.74) is 0.895. The van der Waals surface area contributed by atoms with E-state index in [1.165, 1.54) is 12.8 Å². The van der Waals surface area contributed by atoms with E-state index in [9.17, 15) is 5.11 Å². The minimum Gasteiger partial charge on any atom is -0.388 e. The van der Waals surface area contributed by atoms with E-state index in [-0.39, 0.29) is 12.0 Å². The molecule has 1 unspecified atom stereocenters. The molecule has 0 aromatic heterocycles. The second-order valence-electron chi connectivity index (χ2n) is 3.88. The number of unbranched alkanes of at least 4 members (excludes halogenated alkanes) is 1. The predicted molar refractivity (Wildman–Crippen MR) is 57.8 cm³/mol. The van der Waals surface area contributed by atoms with Crippen LogP contribution >= 0.6 is 0 Å². The molecule has 2 N–H and O–H groups in total. The van der Waals surface area contributed by atoms with Gasteiger partial charge >= 0.3 is 0 Å². The maximum absolute atomic E-state index is 9.61. The molecule has 0 rings (SSSR count). The third-order valence-electron chi connectivity index (χ3n) is 2.11. The summed E-state index contributed by atoms with van der Waals surface area (Å²) < 4.78 is 0. The van der Waals surface area contributed by atoms with Crippen molar-refractivity contribution in [1.82, 2.24) is 5.32 Å². The van der Waals surface area contributed by atoms with E-state index in [1.54, 1.807) is 0 Å². The molecule has 0 aromatic carbocycles. The SMILES string of the molecule is C=C(CNCCCC)C(O)C(C)C. The van der Waals surface area contributed by atoms with E-state index in [2.05, 4.69) is 18.8 Å². The minimum atomic E-state index is -0.367. The Kier molecular flexibility index (Phi) is 6.92. The molecule has 0 saturated carbocycles. The van der Waals surface area contributed by atoms with Gasteiger partial charge < -0.3 is 10.4 Å². The molecule has 2 nitrogen and oxygen atoms in total. The summed E-state index contributed by atoms with van der Waals surface area (Å²) in [5.74, 6) is 0.264. The Labute approximate surface area is 82.0 Å². The molecular formula is C11H23NO. The van der Waals surface area contributed by atoms with Gasteiger partial charge in [-0.15, -0.1) is 0 Å². The Morgan fingerprint density at radius 2 is 2.08 bits per heavy atom. The van der Waals surface area contributed by atoms with Crippen LogP contribution < -0.4 is 5.32 Å². The summed E-state index contributed by atoms with van der Waals surface area (Å²) >= 11 is 0.